The normalized spacial score (nSPS) is 17.5. The number of aryl methyl sites for hydroxylation is 1. The van der Waals surface area contributed by atoms with Crippen LogP contribution in [0.2, 0.25) is 0 Å². The van der Waals surface area contributed by atoms with Crippen molar-refractivity contribution in [3.8, 4) is 17.2 Å². The molecule has 6 rings (SSSR count). The van der Waals surface area contributed by atoms with Crippen molar-refractivity contribution in [1.29, 1.82) is 0 Å². The first-order valence-corrected chi connectivity index (χ1v) is 15.2. The number of Topliss-reactive ketones (excluding diaryl/α,β-unsaturated/α-hetero) is 1. The summed E-state index contributed by atoms with van der Waals surface area (Å²) in [6.07, 6.45) is 0. The number of nitrogens with zero attached hydrogens (tertiary/aromatic N) is 3. The molecule has 4 aromatic rings. The van der Waals surface area contributed by atoms with E-state index < -0.39 is 17.7 Å². The monoisotopic (exact) mass is 601 g/mol. The number of rotatable bonds is 8. The summed E-state index contributed by atoms with van der Waals surface area (Å²) in [5.74, 6) is 0.310. The Morgan fingerprint density at radius 3 is 2.62 bits per heavy atom. The van der Waals surface area contributed by atoms with E-state index in [1.54, 1.807) is 42.5 Å². The Kier molecular flexibility index (Phi) is 7.86. The van der Waals surface area contributed by atoms with Gasteiger partial charge < -0.3 is 19.3 Å². The minimum absolute atomic E-state index is 0.0608. The van der Waals surface area contributed by atoms with Crippen LogP contribution in [-0.2, 0) is 15.3 Å². The van der Waals surface area contributed by atoms with E-state index in [0.29, 0.717) is 58.3 Å². The average molecular weight is 602 g/mol. The molecule has 0 aliphatic carbocycles. The van der Waals surface area contributed by atoms with Crippen LogP contribution in [0, 0.1) is 6.92 Å². The minimum atomic E-state index is -0.957. The van der Waals surface area contributed by atoms with Crippen LogP contribution in [0.5, 0.6) is 17.2 Å². The molecule has 9 nitrogen and oxygen atoms in total. The molecule has 1 fully saturated rings. The lowest BCUT2D eigenvalue weighted by atomic mass is 9.95. The highest BCUT2D eigenvalue weighted by molar-refractivity contribution is 8.00. The number of anilines is 1. The van der Waals surface area contributed by atoms with E-state index in [-0.39, 0.29) is 16.5 Å². The molecule has 1 saturated heterocycles. The molecule has 1 amide bonds. The Balaban J connectivity index is 1.39. The van der Waals surface area contributed by atoms with Crippen LogP contribution in [0.15, 0.2) is 76.6 Å². The lowest BCUT2D eigenvalue weighted by molar-refractivity contribution is -0.132. The first-order chi connectivity index (χ1) is 20.4. The average Bonchev–Trinajstić information content (AvgIpc) is 3.58. The fourth-order valence-electron chi connectivity index (χ4n) is 4.82. The number of aliphatic hydroxyl groups excluding tert-OH is 1. The number of aromatic nitrogens is 2. The van der Waals surface area contributed by atoms with Gasteiger partial charge in [0, 0.05) is 11.3 Å². The molecule has 2 aliphatic heterocycles. The molecular weight excluding hydrogens is 574 g/mol. The first-order valence-electron chi connectivity index (χ1n) is 13.4. The summed E-state index contributed by atoms with van der Waals surface area (Å²) in [5.41, 5.74) is 3.17. The summed E-state index contributed by atoms with van der Waals surface area (Å²) in [5, 5.41) is 20.4. The van der Waals surface area contributed by atoms with Gasteiger partial charge in [0.25, 0.3) is 5.78 Å². The van der Waals surface area contributed by atoms with Crippen molar-refractivity contribution in [3.63, 3.8) is 0 Å². The number of thioether (sulfide) groups is 1. The van der Waals surface area contributed by atoms with Crippen LogP contribution in [0.25, 0.3) is 5.76 Å². The molecule has 0 saturated carbocycles. The smallest absolute Gasteiger partial charge is 0.301 e. The third kappa shape index (κ3) is 5.45. The molecule has 0 radical (unpaired) electrons. The van der Waals surface area contributed by atoms with Gasteiger partial charge in [-0.05, 0) is 55.3 Å². The van der Waals surface area contributed by atoms with Crippen molar-refractivity contribution in [1.82, 2.24) is 10.2 Å². The van der Waals surface area contributed by atoms with Crippen LogP contribution < -0.4 is 19.1 Å². The van der Waals surface area contributed by atoms with Gasteiger partial charge in [-0.3, -0.25) is 14.5 Å². The quantitative estimate of drug-likeness (QED) is 0.0863. The highest BCUT2D eigenvalue weighted by Crippen LogP contribution is 2.45. The predicted octanol–water partition coefficient (Wildman–Crippen LogP) is 5.94. The number of ether oxygens (including phenoxy) is 3. The molecular formula is C31H27N3O6S2. The standard InChI is InChI=1S/C31H27N3O6S2/c1-3-38-22-6-4-5-20(15-22)26-25(27(35)21-11-12-23-24(16-21)40-14-13-39-23)28(36)29(37)34(26)30-32-33-31(42-30)41-17-19-9-7-18(2)8-10-19/h4-12,15-16,26,35H,3,13-14,17H2,1-2H3/b27-25+/t26-/m1/s1. The third-order valence-electron chi connectivity index (χ3n) is 6.83. The van der Waals surface area contributed by atoms with Gasteiger partial charge in [-0.1, -0.05) is 65.1 Å². The summed E-state index contributed by atoms with van der Waals surface area (Å²) in [6, 6.07) is 19.3. The molecule has 11 heteroatoms. The van der Waals surface area contributed by atoms with Gasteiger partial charge in [0.2, 0.25) is 5.13 Å². The van der Waals surface area contributed by atoms with Crippen molar-refractivity contribution in [2.75, 3.05) is 24.7 Å². The molecule has 3 aromatic carbocycles. The summed E-state index contributed by atoms with van der Waals surface area (Å²) in [7, 11) is 0. The van der Waals surface area contributed by atoms with Gasteiger partial charge in [-0.2, -0.15) is 0 Å². The molecule has 0 bridgehead atoms. The van der Waals surface area contributed by atoms with Crippen LogP contribution >= 0.6 is 23.1 Å². The fourth-order valence-corrected chi connectivity index (χ4v) is 6.64. The molecule has 214 valence electrons. The van der Waals surface area contributed by atoms with E-state index >= 15 is 0 Å². The molecule has 1 N–H and O–H groups in total. The van der Waals surface area contributed by atoms with Crippen molar-refractivity contribution >= 4 is 45.7 Å². The van der Waals surface area contributed by atoms with Gasteiger partial charge in [0.15, 0.2) is 15.8 Å². The molecule has 0 spiro atoms. The molecule has 3 heterocycles. The Morgan fingerprint density at radius 1 is 1.05 bits per heavy atom. The molecule has 0 unspecified atom stereocenters. The number of ketones is 1. The Morgan fingerprint density at radius 2 is 1.83 bits per heavy atom. The SMILES string of the molecule is CCOc1cccc([C@@H]2/C(=C(\O)c3ccc4c(c3)OCCO4)C(=O)C(=O)N2c2nnc(SCc3ccc(C)cc3)s2)c1. The fraction of sp³-hybridized carbons (Fsp3) is 0.226. The number of hydrogen-bond donors (Lipinski definition) is 1. The molecule has 1 aromatic heterocycles. The van der Waals surface area contributed by atoms with Crippen molar-refractivity contribution in [2.24, 2.45) is 0 Å². The predicted molar refractivity (Wildman–Crippen MR) is 160 cm³/mol. The number of fused-ring (bicyclic) bond motifs is 1. The Labute approximate surface area is 250 Å². The summed E-state index contributed by atoms with van der Waals surface area (Å²) >= 11 is 2.72. The zero-order chi connectivity index (χ0) is 29.2. The van der Waals surface area contributed by atoms with Crippen molar-refractivity contribution in [3.05, 3.63) is 94.6 Å². The van der Waals surface area contributed by atoms with Crippen molar-refractivity contribution < 1.29 is 28.9 Å². The van der Waals surface area contributed by atoms with Crippen LogP contribution in [0.1, 0.15) is 35.2 Å². The second-order valence-electron chi connectivity index (χ2n) is 9.66. The molecule has 2 aliphatic rings. The largest absolute Gasteiger partial charge is 0.507 e. The molecule has 42 heavy (non-hydrogen) atoms. The minimum Gasteiger partial charge on any atom is -0.507 e. The Hall–Kier alpha value is -4.35. The number of benzene rings is 3. The van der Waals surface area contributed by atoms with Gasteiger partial charge in [-0.25, -0.2) is 0 Å². The number of carbonyl (C=O) groups excluding carboxylic acids is 2. The maximum atomic E-state index is 13.6. The second kappa shape index (κ2) is 11.9. The van der Waals surface area contributed by atoms with Crippen LogP contribution in [0.4, 0.5) is 5.13 Å². The number of carbonyl (C=O) groups is 2. The van der Waals surface area contributed by atoms with Crippen molar-refractivity contribution in [2.45, 2.75) is 30.0 Å². The number of hydrogen-bond acceptors (Lipinski definition) is 10. The summed E-state index contributed by atoms with van der Waals surface area (Å²) in [4.78, 5) is 28.5. The van der Waals surface area contributed by atoms with Gasteiger partial charge in [0.1, 0.15) is 24.7 Å². The van der Waals surface area contributed by atoms with Gasteiger partial charge in [0.05, 0.1) is 18.2 Å². The van der Waals surface area contributed by atoms with E-state index in [9.17, 15) is 14.7 Å². The zero-order valence-electron chi connectivity index (χ0n) is 22.9. The lowest BCUT2D eigenvalue weighted by Crippen LogP contribution is -2.29. The summed E-state index contributed by atoms with van der Waals surface area (Å²) in [6.45, 7) is 5.15. The number of amides is 1. The van der Waals surface area contributed by atoms with Crippen LogP contribution in [-0.4, -0.2) is 46.8 Å². The number of aliphatic hydroxyl groups is 1. The van der Waals surface area contributed by atoms with E-state index in [1.807, 2.05) is 13.8 Å². The Bertz CT molecular complexity index is 1680. The van der Waals surface area contributed by atoms with Crippen LogP contribution in [0.3, 0.4) is 0 Å². The van der Waals surface area contributed by atoms with E-state index in [1.165, 1.54) is 33.6 Å². The van der Waals surface area contributed by atoms with Gasteiger partial charge >= 0.3 is 5.91 Å². The maximum Gasteiger partial charge on any atom is 0.301 e. The van der Waals surface area contributed by atoms with Gasteiger partial charge in [-0.15, -0.1) is 10.2 Å². The molecule has 1 atom stereocenters. The third-order valence-corrected chi connectivity index (χ3v) is 8.96. The lowest BCUT2D eigenvalue weighted by Gasteiger charge is -2.23. The van der Waals surface area contributed by atoms with E-state index in [0.717, 1.165) is 5.56 Å². The highest BCUT2D eigenvalue weighted by atomic mass is 32.2. The first kappa shape index (κ1) is 27.8. The highest BCUT2D eigenvalue weighted by Gasteiger charge is 2.48. The summed E-state index contributed by atoms with van der Waals surface area (Å²) < 4.78 is 17.6. The maximum absolute atomic E-state index is 13.6. The zero-order valence-corrected chi connectivity index (χ0v) is 24.5. The van der Waals surface area contributed by atoms with E-state index in [4.69, 9.17) is 14.2 Å². The van der Waals surface area contributed by atoms with E-state index in [2.05, 4.69) is 34.5 Å². The second-order valence-corrected chi connectivity index (χ2v) is 11.8. The topological polar surface area (TPSA) is 111 Å².